The van der Waals surface area contributed by atoms with Gasteiger partial charge in [0.05, 0.1) is 0 Å². The van der Waals surface area contributed by atoms with Crippen molar-refractivity contribution in [2.45, 2.75) is 32.1 Å². The smallest absolute Gasteiger partial charge is 0.243 e. The second-order valence-corrected chi connectivity index (χ2v) is 7.11. The van der Waals surface area contributed by atoms with E-state index in [0.29, 0.717) is 6.42 Å². The van der Waals surface area contributed by atoms with E-state index in [-0.39, 0.29) is 11.7 Å². The van der Waals surface area contributed by atoms with Gasteiger partial charge in [-0.3, -0.25) is 14.7 Å². The maximum atomic E-state index is 13.3. The van der Waals surface area contributed by atoms with Crippen LogP contribution in [0.5, 0.6) is 0 Å². The lowest BCUT2D eigenvalue weighted by atomic mass is 10.1. The van der Waals surface area contributed by atoms with E-state index < -0.39 is 0 Å². The minimum absolute atomic E-state index is 0.264. The van der Waals surface area contributed by atoms with Gasteiger partial charge in [0.2, 0.25) is 5.91 Å². The first-order valence-electron chi connectivity index (χ1n) is 9.99. The molecular weight excluding hydrogens is 385 g/mol. The molecule has 0 aliphatic rings. The summed E-state index contributed by atoms with van der Waals surface area (Å²) in [7, 11) is 1.87. The van der Waals surface area contributed by atoms with E-state index in [1.54, 1.807) is 28.5 Å². The summed E-state index contributed by atoms with van der Waals surface area (Å²) in [5.41, 5.74) is 3.53. The van der Waals surface area contributed by atoms with Crippen molar-refractivity contribution in [2.24, 2.45) is 7.05 Å². The molecule has 1 amide bonds. The number of benzene rings is 1. The first-order chi connectivity index (χ1) is 14.6. The molecule has 0 saturated heterocycles. The van der Waals surface area contributed by atoms with Crippen molar-refractivity contribution >= 4 is 17.5 Å². The molecule has 0 aliphatic heterocycles. The van der Waals surface area contributed by atoms with Gasteiger partial charge in [0.25, 0.3) is 0 Å². The highest BCUT2D eigenvalue weighted by atomic mass is 19.1. The third kappa shape index (κ3) is 5.87. The molecule has 7 nitrogen and oxygen atoms in total. The van der Waals surface area contributed by atoms with Crippen molar-refractivity contribution in [2.75, 3.05) is 11.4 Å². The molecule has 30 heavy (non-hydrogen) atoms. The second kappa shape index (κ2) is 10.5. The summed E-state index contributed by atoms with van der Waals surface area (Å²) in [6.07, 6.45) is 7.43. The molecule has 0 aliphatic carbocycles. The fraction of sp³-hybridized carbons (Fsp3) is 0.318. The number of rotatable bonds is 10. The molecule has 2 N–H and O–H groups in total. The van der Waals surface area contributed by atoms with Crippen LogP contribution in [0.15, 0.2) is 54.9 Å². The highest BCUT2D eigenvalue weighted by molar-refractivity contribution is 5.74. The maximum Gasteiger partial charge on any atom is 0.243 e. The van der Waals surface area contributed by atoms with Crippen LogP contribution < -0.4 is 10.4 Å². The number of aromatic nitrogens is 3. The average Bonchev–Trinajstić information content (AvgIpc) is 3.19. The van der Waals surface area contributed by atoms with E-state index in [0.717, 1.165) is 55.0 Å². The van der Waals surface area contributed by atoms with Crippen molar-refractivity contribution in [1.82, 2.24) is 20.2 Å². The van der Waals surface area contributed by atoms with E-state index in [2.05, 4.69) is 15.0 Å². The minimum Gasteiger partial charge on any atom is -0.310 e. The number of anilines is 2. The standard InChI is InChI=1S/C22H26FN5O2/c1-27-15-12-20(25-27)28(14-5-3-2-4-6-22(29)26-30)21-16-18(11-13-24-21)17-7-9-19(23)10-8-17/h7-13,15-16,30H,2-6,14H2,1H3,(H,26,29). The Hall–Kier alpha value is -3.26. The lowest BCUT2D eigenvalue weighted by Crippen LogP contribution is -2.20. The zero-order valence-corrected chi connectivity index (χ0v) is 17.0. The van der Waals surface area contributed by atoms with Crippen LogP contribution in [0.3, 0.4) is 0 Å². The molecule has 0 spiro atoms. The number of hydrogen-bond donors (Lipinski definition) is 2. The van der Waals surface area contributed by atoms with Gasteiger partial charge < -0.3 is 4.90 Å². The highest BCUT2D eigenvalue weighted by Crippen LogP contribution is 2.27. The van der Waals surface area contributed by atoms with Gasteiger partial charge in [-0.1, -0.05) is 25.0 Å². The Morgan fingerprint density at radius 1 is 1.07 bits per heavy atom. The number of unbranched alkanes of at least 4 members (excludes halogenated alkanes) is 3. The fourth-order valence-corrected chi connectivity index (χ4v) is 3.25. The van der Waals surface area contributed by atoms with Gasteiger partial charge in [-0.05, 0) is 48.2 Å². The summed E-state index contributed by atoms with van der Waals surface area (Å²) < 4.78 is 15.0. The van der Waals surface area contributed by atoms with Gasteiger partial charge in [-0.2, -0.15) is 5.10 Å². The van der Waals surface area contributed by atoms with Crippen LogP contribution >= 0.6 is 0 Å². The third-order valence-electron chi connectivity index (χ3n) is 4.84. The number of halogens is 1. The summed E-state index contributed by atoms with van der Waals surface area (Å²) in [4.78, 5) is 17.7. The molecule has 0 saturated carbocycles. The Balaban J connectivity index is 1.70. The fourth-order valence-electron chi connectivity index (χ4n) is 3.25. The molecule has 2 aromatic heterocycles. The minimum atomic E-state index is -0.355. The van der Waals surface area contributed by atoms with Gasteiger partial charge in [0, 0.05) is 38.5 Å². The molecule has 0 unspecified atom stereocenters. The number of hydrogen-bond acceptors (Lipinski definition) is 5. The molecule has 2 heterocycles. The first kappa shape index (κ1) is 21.4. The molecule has 0 fully saturated rings. The van der Waals surface area contributed by atoms with Crippen molar-refractivity contribution in [3.63, 3.8) is 0 Å². The van der Waals surface area contributed by atoms with Crippen LogP contribution in [0.4, 0.5) is 16.0 Å². The van der Waals surface area contributed by atoms with Crippen molar-refractivity contribution in [3.8, 4) is 11.1 Å². The Kier molecular flexibility index (Phi) is 7.51. The number of carbonyl (C=O) groups is 1. The lowest BCUT2D eigenvalue weighted by Gasteiger charge is -2.22. The molecule has 3 rings (SSSR count). The largest absolute Gasteiger partial charge is 0.310 e. The predicted molar refractivity (Wildman–Crippen MR) is 113 cm³/mol. The van der Waals surface area contributed by atoms with E-state index in [1.165, 1.54) is 12.1 Å². The average molecular weight is 411 g/mol. The van der Waals surface area contributed by atoms with Crippen LogP contribution in [-0.4, -0.2) is 32.4 Å². The van der Waals surface area contributed by atoms with E-state index in [1.807, 2.05) is 31.4 Å². The summed E-state index contributed by atoms with van der Waals surface area (Å²) in [5, 5.41) is 13.1. The van der Waals surface area contributed by atoms with Gasteiger partial charge in [-0.25, -0.2) is 14.9 Å². The number of aryl methyl sites for hydroxylation is 1. The van der Waals surface area contributed by atoms with Gasteiger partial charge in [0.15, 0.2) is 5.82 Å². The zero-order valence-electron chi connectivity index (χ0n) is 17.0. The second-order valence-electron chi connectivity index (χ2n) is 7.11. The Morgan fingerprint density at radius 2 is 1.83 bits per heavy atom. The molecule has 3 aromatic rings. The molecule has 158 valence electrons. The molecular formula is C22H26FN5O2. The van der Waals surface area contributed by atoms with Crippen LogP contribution in [0, 0.1) is 5.82 Å². The van der Waals surface area contributed by atoms with Crippen LogP contribution in [-0.2, 0) is 11.8 Å². The molecule has 0 bridgehead atoms. The van der Waals surface area contributed by atoms with Crippen molar-refractivity contribution in [1.29, 1.82) is 0 Å². The number of nitrogens with zero attached hydrogens (tertiary/aromatic N) is 4. The topological polar surface area (TPSA) is 83.3 Å². The monoisotopic (exact) mass is 411 g/mol. The Labute approximate surface area is 175 Å². The third-order valence-corrected chi connectivity index (χ3v) is 4.84. The van der Waals surface area contributed by atoms with Crippen LogP contribution in [0.25, 0.3) is 11.1 Å². The molecule has 0 atom stereocenters. The SMILES string of the molecule is Cn1ccc(N(CCCCCCC(=O)NO)c2cc(-c3ccc(F)cc3)ccn2)n1. The van der Waals surface area contributed by atoms with Crippen LogP contribution in [0.1, 0.15) is 32.1 Å². The number of hydroxylamine groups is 1. The molecule has 1 aromatic carbocycles. The van der Waals surface area contributed by atoms with Crippen LogP contribution in [0.2, 0.25) is 0 Å². The normalized spacial score (nSPS) is 10.8. The summed E-state index contributed by atoms with van der Waals surface area (Å²) in [5.74, 6) is 0.961. The molecule has 8 heteroatoms. The Bertz CT molecular complexity index is 958. The number of pyridine rings is 1. The predicted octanol–water partition coefficient (Wildman–Crippen LogP) is 4.22. The quantitative estimate of drug-likeness (QED) is 0.297. The Morgan fingerprint density at radius 3 is 2.53 bits per heavy atom. The van der Waals surface area contributed by atoms with E-state index in [4.69, 9.17) is 5.21 Å². The maximum absolute atomic E-state index is 13.3. The first-order valence-corrected chi connectivity index (χ1v) is 9.99. The van der Waals surface area contributed by atoms with Gasteiger partial charge >= 0.3 is 0 Å². The van der Waals surface area contributed by atoms with Gasteiger partial charge in [0.1, 0.15) is 11.6 Å². The number of carbonyl (C=O) groups excluding carboxylic acids is 1. The summed E-state index contributed by atoms with van der Waals surface area (Å²) in [6.45, 7) is 0.725. The van der Waals surface area contributed by atoms with E-state index in [9.17, 15) is 9.18 Å². The zero-order chi connectivity index (χ0) is 21.3. The van der Waals surface area contributed by atoms with Crippen molar-refractivity contribution in [3.05, 3.63) is 60.7 Å². The lowest BCUT2D eigenvalue weighted by molar-refractivity contribution is -0.129. The summed E-state index contributed by atoms with van der Waals surface area (Å²) in [6, 6.07) is 12.2. The van der Waals surface area contributed by atoms with E-state index >= 15 is 0 Å². The van der Waals surface area contributed by atoms with Gasteiger partial charge in [-0.15, -0.1) is 0 Å². The van der Waals surface area contributed by atoms with Crippen molar-refractivity contribution < 1.29 is 14.4 Å². The summed E-state index contributed by atoms with van der Waals surface area (Å²) >= 11 is 0. The highest BCUT2D eigenvalue weighted by Gasteiger charge is 2.14. The number of amides is 1. The number of nitrogens with one attached hydrogen (secondary N) is 1. The molecule has 0 radical (unpaired) electrons.